The molecule has 0 aliphatic rings. The van der Waals surface area contributed by atoms with E-state index in [1.165, 1.54) is 69.5 Å². The van der Waals surface area contributed by atoms with Gasteiger partial charge in [0.1, 0.15) is 24.0 Å². The molecule has 4 nitrogen and oxygen atoms in total. The molecule has 168 valence electrons. The summed E-state index contributed by atoms with van der Waals surface area (Å²) in [5.74, 6) is 1.66. The molecule has 0 aliphatic carbocycles. The van der Waals surface area contributed by atoms with Gasteiger partial charge in [0.15, 0.2) is 5.82 Å². The normalized spacial score (nSPS) is 13.1. The second-order valence-electron chi connectivity index (χ2n) is 10.5. The molecule has 2 aromatic heterocycles. The summed E-state index contributed by atoms with van der Waals surface area (Å²) in [6.07, 6.45) is 3.13. The molecule has 0 spiro atoms. The molecule has 35 heavy (non-hydrogen) atoms. The summed E-state index contributed by atoms with van der Waals surface area (Å²) in [6, 6.07) is 15.9. The van der Waals surface area contributed by atoms with Crippen LogP contribution in [0, 0.1) is 6.92 Å². The highest BCUT2D eigenvalue weighted by atomic mass is 32.1. The third kappa shape index (κ3) is 2.43. The standard InChI is InChI=1S/C30H21N3OS/c1-14-9-18-19-11-22(29-32-12-31-13-33-29)35-28(19)20-10-21(34-30(2,3)4)17-8-6-15-5-7-16(14)24-23(15)25(17)27(20)26(18)24/h5-13H,1-4H3. The van der Waals surface area contributed by atoms with Gasteiger partial charge in [-0.2, -0.15) is 0 Å². The van der Waals surface area contributed by atoms with E-state index in [2.05, 4.69) is 85.1 Å². The van der Waals surface area contributed by atoms with E-state index in [0.717, 1.165) is 10.6 Å². The van der Waals surface area contributed by atoms with Gasteiger partial charge in [0.2, 0.25) is 0 Å². The third-order valence-corrected chi connectivity index (χ3v) is 8.36. The molecule has 0 fully saturated rings. The molecule has 0 N–H and O–H groups in total. The SMILES string of the molecule is Cc1cc2c3cc(-c4ncncn4)sc3c3cc(OC(C)(C)C)c4ccc5ccc1c1c5c4c3c21. The van der Waals surface area contributed by atoms with Gasteiger partial charge in [0.25, 0.3) is 0 Å². The quantitative estimate of drug-likeness (QED) is 0.238. The number of benzene rings is 5. The zero-order chi connectivity index (χ0) is 23.6. The van der Waals surface area contributed by atoms with Crippen molar-refractivity contribution in [3.63, 3.8) is 0 Å². The number of hydrogen-bond acceptors (Lipinski definition) is 5. The Bertz CT molecular complexity index is 2070. The Morgan fingerprint density at radius 2 is 1.40 bits per heavy atom. The van der Waals surface area contributed by atoms with Crippen LogP contribution in [0.5, 0.6) is 5.75 Å². The van der Waals surface area contributed by atoms with Crippen LogP contribution >= 0.6 is 11.3 Å². The van der Waals surface area contributed by atoms with E-state index >= 15 is 0 Å². The first kappa shape index (κ1) is 19.5. The fraction of sp³-hybridized carbons (Fsp3) is 0.167. The number of aromatic nitrogens is 3. The predicted octanol–water partition coefficient (Wildman–Crippen LogP) is 8.32. The van der Waals surface area contributed by atoms with Gasteiger partial charge in [-0.1, -0.05) is 24.3 Å². The maximum absolute atomic E-state index is 6.59. The molecule has 5 heteroatoms. The van der Waals surface area contributed by atoms with Crippen LogP contribution in [-0.2, 0) is 0 Å². The molecule has 0 saturated carbocycles. The maximum Gasteiger partial charge on any atom is 0.172 e. The van der Waals surface area contributed by atoms with Gasteiger partial charge in [-0.3, -0.25) is 0 Å². The molecule has 0 aliphatic heterocycles. The summed E-state index contributed by atoms with van der Waals surface area (Å²) in [5, 5.41) is 14.4. The summed E-state index contributed by atoms with van der Waals surface area (Å²) < 4.78 is 7.84. The van der Waals surface area contributed by atoms with Crippen molar-refractivity contribution < 1.29 is 4.74 Å². The molecule has 8 rings (SSSR count). The first-order valence-corrected chi connectivity index (χ1v) is 12.7. The van der Waals surface area contributed by atoms with Gasteiger partial charge in [-0.15, -0.1) is 11.3 Å². The van der Waals surface area contributed by atoms with Crippen molar-refractivity contribution >= 4 is 75.3 Å². The van der Waals surface area contributed by atoms with Gasteiger partial charge in [0, 0.05) is 31.6 Å². The van der Waals surface area contributed by atoms with Crippen LogP contribution in [-0.4, -0.2) is 20.6 Å². The topological polar surface area (TPSA) is 47.9 Å². The molecule has 0 amide bonds. The lowest BCUT2D eigenvalue weighted by Crippen LogP contribution is -2.23. The molecule has 0 radical (unpaired) electrons. The molecule has 8 aromatic rings. The first-order valence-electron chi connectivity index (χ1n) is 11.8. The van der Waals surface area contributed by atoms with Crippen molar-refractivity contribution in [1.82, 2.24) is 15.0 Å². The van der Waals surface area contributed by atoms with Crippen LogP contribution in [0.1, 0.15) is 26.3 Å². The molecule has 0 unspecified atom stereocenters. The minimum atomic E-state index is -0.298. The van der Waals surface area contributed by atoms with Crippen molar-refractivity contribution in [1.29, 1.82) is 0 Å². The van der Waals surface area contributed by atoms with Gasteiger partial charge >= 0.3 is 0 Å². The molecular weight excluding hydrogens is 450 g/mol. The zero-order valence-electron chi connectivity index (χ0n) is 19.9. The molecule has 0 bridgehead atoms. The van der Waals surface area contributed by atoms with Gasteiger partial charge < -0.3 is 4.74 Å². The highest BCUT2D eigenvalue weighted by Gasteiger charge is 2.27. The first-order chi connectivity index (χ1) is 16.9. The summed E-state index contributed by atoms with van der Waals surface area (Å²) in [5.41, 5.74) is 1.01. The average molecular weight is 472 g/mol. The predicted molar refractivity (Wildman–Crippen MR) is 147 cm³/mol. The van der Waals surface area contributed by atoms with Crippen molar-refractivity contribution in [2.75, 3.05) is 0 Å². The van der Waals surface area contributed by atoms with E-state index in [4.69, 9.17) is 4.74 Å². The number of rotatable bonds is 2. The minimum Gasteiger partial charge on any atom is -0.487 e. The Balaban J connectivity index is 1.67. The Morgan fingerprint density at radius 3 is 2.17 bits per heavy atom. The number of nitrogens with zero attached hydrogens (tertiary/aromatic N) is 3. The Hall–Kier alpha value is -3.83. The van der Waals surface area contributed by atoms with Crippen molar-refractivity contribution in [3.05, 3.63) is 60.7 Å². The van der Waals surface area contributed by atoms with E-state index in [9.17, 15) is 0 Å². The maximum atomic E-state index is 6.59. The van der Waals surface area contributed by atoms with Crippen LogP contribution in [0.15, 0.2) is 55.1 Å². The summed E-state index contributed by atoms with van der Waals surface area (Å²) in [6.45, 7) is 8.57. The highest BCUT2D eigenvalue weighted by Crippen LogP contribution is 2.54. The number of fused-ring (bicyclic) bond motifs is 3. The lowest BCUT2D eigenvalue weighted by molar-refractivity contribution is 0.133. The third-order valence-electron chi connectivity index (χ3n) is 7.20. The van der Waals surface area contributed by atoms with Crippen molar-refractivity contribution in [2.45, 2.75) is 33.3 Å². The second kappa shape index (κ2) is 6.23. The number of thiophene rings is 1. The van der Waals surface area contributed by atoms with Crippen LogP contribution in [0.3, 0.4) is 0 Å². The number of ether oxygens (including phenoxy) is 1. The molecule has 0 saturated heterocycles. The zero-order valence-corrected chi connectivity index (χ0v) is 20.7. The fourth-order valence-electron chi connectivity index (χ4n) is 5.98. The monoisotopic (exact) mass is 471 g/mol. The Morgan fingerprint density at radius 1 is 0.714 bits per heavy atom. The Kier molecular flexibility index (Phi) is 3.47. The highest BCUT2D eigenvalue weighted by molar-refractivity contribution is 7.23. The molecular formula is C30H21N3OS. The Labute approximate surface area is 205 Å². The number of aryl methyl sites for hydroxylation is 1. The van der Waals surface area contributed by atoms with E-state index in [1.807, 2.05) is 0 Å². The van der Waals surface area contributed by atoms with E-state index in [-0.39, 0.29) is 5.60 Å². The van der Waals surface area contributed by atoms with Crippen LogP contribution in [0.4, 0.5) is 0 Å². The second-order valence-corrected chi connectivity index (χ2v) is 11.6. The van der Waals surface area contributed by atoms with Crippen molar-refractivity contribution in [3.8, 4) is 16.5 Å². The van der Waals surface area contributed by atoms with E-state index in [0.29, 0.717) is 5.82 Å². The van der Waals surface area contributed by atoms with Crippen LogP contribution in [0.2, 0.25) is 0 Å². The largest absolute Gasteiger partial charge is 0.487 e. The number of hydrogen-bond donors (Lipinski definition) is 0. The summed E-state index contributed by atoms with van der Waals surface area (Å²) in [4.78, 5) is 13.9. The van der Waals surface area contributed by atoms with Crippen LogP contribution < -0.4 is 4.74 Å². The van der Waals surface area contributed by atoms with Gasteiger partial charge in [-0.25, -0.2) is 15.0 Å². The average Bonchev–Trinajstić information content (AvgIpc) is 3.44. The molecule has 2 heterocycles. The fourth-order valence-corrected chi connectivity index (χ4v) is 7.12. The van der Waals surface area contributed by atoms with Crippen LogP contribution in [0.25, 0.3) is 74.6 Å². The van der Waals surface area contributed by atoms with E-state index in [1.54, 1.807) is 24.0 Å². The lowest BCUT2D eigenvalue weighted by atomic mass is 9.94. The van der Waals surface area contributed by atoms with Gasteiger partial charge in [0.05, 0.1) is 4.88 Å². The summed E-state index contributed by atoms with van der Waals surface area (Å²) in [7, 11) is 0. The molecule has 6 aromatic carbocycles. The van der Waals surface area contributed by atoms with E-state index < -0.39 is 0 Å². The smallest absolute Gasteiger partial charge is 0.172 e. The molecule has 0 atom stereocenters. The van der Waals surface area contributed by atoms with Gasteiger partial charge in [-0.05, 0) is 83.8 Å². The minimum absolute atomic E-state index is 0.298. The summed E-state index contributed by atoms with van der Waals surface area (Å²) >= 11 is 1.75. The van der Waals surface area contributed by atoms with Crippen molar-refractivity contribution in [2.24, 2.45) is 0 Å². The lowest BCUT2D eigenvalue weighted by Gasteiger charge is -2.23.